The summed E-state index contributed by atoms with van der Waals surface area (Å²) in [5.74, 6) is 1.03. The van der Waals surface area contributed by atoms with Crippen LogP contribution in [0.4, 0.5) is 0 Å². The summed E-state index contributed by atoms with van der Waals surface area (Å²) in [4.78, 5) is 11.0. The summed E-state index contributed by atoms with van der Waals surface area (Å²) in [6.07, 6.45) is 12.7. The first-order chi connectivity index (χ1) is 27.8. The lowest BCUT2D eigenvalue weighted by molar-refractivity contribution is 0.437. The molecule has 2 aliphatic carbocycles. The molecule has 0 aliphatic heterocycles. The third kappa shape index (κ3) is 6.72. The third-order valence-corrected chi connectivity index (χ3v) is 12.6. The lowest BCUT2D eigenvalue weighted by atomic mass is 9.84. The first kappa shape index (κ1) is 34.6. The molecule has 0 unspecified atom stereocenters. The Morgan fingerprint density at radius 2 is 0.768 bits per heavy atom. The van der Waals surface area contributed by atoms with Crippen LogP contribution in [0.5, 0.6) is 0 Å². The monoisotopic (exact) mass is 724 g/mol. The van der Waals surface area contributed by atoms with E-state index in [1.165, 1.54) is 142 Å². The van der Waals surface area contributed by atoms with Crippen LogP contribution in [0.25, 0.3) is 77.4 Å². The molecule has 2 heteroatoms. The largest absolute Gasteiger partial charge is 0.250 e. The van der Waals surface area contributed by atoms with E-state index in [1.54, 1.807) is 0 Å². The van der Waals surface area contributed by atoms with Crippen LogP contribution >= 0.6 is 0 Å². The third-order valence-electron chi connectivity index (χ3n) is 12.6. The predicted molar refractivity (Wildman–Crippen MR) is 236 cm³/mol. The minimum Gasteiger partial charge on any atom is -0.250 e. The highest BCUT2D eigenvalue weighted by Gasteiger charge is 2.23. The van der Waals surface area contributed by atoms with Crippen molar-refractivity contribution in [3.63, 3.8) is 0 Å². The average Bonchev–Trinajstić information content (AvgIpc) is 3.29. The lowest BCUT2D eigenvalue weighted by Crippen LogP contribution is -2.08. The molecular formula is C54H48N2. The second kappa shape index (κ2) is 15.3. The Balaban J connectivity index is 1.18. The molecule has 0 amide bonds. The van der Waals surface area contributed by atoms with Crippen molar-refractivity contribution in [2.45, 2.75) is 76.0 Å². The van der Waals surface area contributed by atoms with Crippen LogP contribution in [-0.2, 0) is 0 Å². The van der Waals surface area contributed by atoms with Crippen molar-refractivity contribution in [3.8, 4) is 55.6 Å². The van der Waals surface area contributed by atoms with Gasteiger partial charge in [0.2, 0.25) is 0 Å². The Morgan fingerprint density at radius 1 is 0.321 bits per heavy atom. The molecule has 8 aromatic rings. The van der Waals surface area contributed by atoms with Crippen LogP contribution in [0.2, 0.25) is 0 Å². The van der Waals surface area contributed by atoms with E-state index in [9.17, 15) is 0 Å². The van der Waals surface area contributed by atoms with Crippen molar-refractivity contribution in [1.82, 2.24) is 9.97 Å². The minimum absolute atomic E-state index is 0.482. The van der Waals surface area contributed by atoms with E-state index in [1.807, 2.05) is 0 Å². The second-order valence-electron chi connectivity index (χ2n) is 16.2. The van der Waals surface area contributed by atoms with Crippen molar-refractivity contribution in [3.05, 3.63) is 169 Å². The summed E-state index contributed by atoms with van der Waals surface area (Å²) in [5.41, 5.74) is 16.9. The number of pyridine rings is 2. The van der Waals surface area contributed by atoms with Gasteiger partial charge in [-0.25, -0.2) is 0 Å². The van der Waals surface area contributed by atoms with Gasteiger partial charge in [0.1, 0.15) is 0 Å². The van der Waals surface area contributed by atoms with Gasteiger partial charge in [0.15, 0.2) is 0 Å². The molecule has 0 atom stereocenters. The Morgan fingerprint density at radius 3 is 1.32 bits per heavy atom. The van der Waals surface area contributed by atoms with E-state index in [0.717, 1.165) is 11.0 Å². The molecule has 0 radical (unpaired) electrons. The molecule has 6 aromatic carbocycles. The molecule has 274 valence electrons. The zero-order valence-corrected chi connectivity index (χ0v) is 32.1. The smallest absolute Gasteiger partial charge is 0.0974 e. The highest BCUT2D eigenvalue weighted by Crippen LogP contribution is 2.44. The fraction of sp³-hybridized carbons (Fsp3) is 0.222. The van der Waals surface area contributed by atoms with Gasteiger partial charge in [-0.15, -0.1) is 0 Å². The molecule has 2 heterocycles. The SMILES string of the molecule is c1ccc(-c2cc(-c3ccccc3)c(-c3cccc(-c4cc(C5CCCCC5)nc5c4ccc4ccc(C6CCCCC6)nc45)c3)cc2-c2ccccc2)cc1. The fourth-order valence-corrected chi connectivity index (χ4v) is 9.64. The maximum Gasteiger partial charge on any atom is 0.0974 e. The Kier molecular flexibility index (Phi) is 9.49. The number of nitrogens with zero attached hydrogens (tertiary/aromatic N) is 2. The van der Waals surface area contributed by atoms with E-state index >= 15 is 0 Å². The van der Waals surface area contributed by atoms with Gasteiger partial charge >= 0.3 is 0 Å². The van der Waals surface area contributed by atoms with Gasteiger partial charge in [0, 0.05) is 34.0 Å². The van der Waals surface area contributed by atoms with Crippen molar-refractivity contribution in [2.24, 2.45) is 0 Å². The molecule has 56 heavy (non-hydrogen) atoms. The summed E-state index contributed by atoms with van der Waals surface area (Å²) in [7, 11) is 0. The normalized spacial score (nSPS) is 15.4. The maximum absolute atomic E-state index is 5.55. The van der Waals surface area contributed by atoms with Crippen molar-refractivity contribution in [1.29, 1.82) is 0 Å². The molecule has 2 aromatic heterocycles. The summed E-state index contributed by atoms with van der Waals surface area (Å²) in [5, 5.41) is 2.37. The number of fused-ring (bicyclic) bond motifs is 3. The molecule has 0 spiro atoms. The van der Waals surface area contributed by atoms with Crippen molar-refractivity contribution >= 4 is 21.8 Å². The van der Waals surface area contributed by atoms with E-state index in [0.29, 0.717) is 11.8 Å². The molecule has 2 aliphatic rings. The standard InChI is InChI=1S/C54H48N2/c1-6-17-37(18-7-1)46-34-48(39-21-10-3-11-22-39)49(35-47(46)38-19-8-2-9-20-38)43-27-16-28-44(33-43)50-36-52(41-25-14-5-15-26-41)56-54-45(50)31-29-42-30-32-51(55-53(42)54)40-23-12-4-13-24-40/h1-3,6-11,16-22,27-36,40-41H,4-5,12-15,23-26H2. The highest BCUT2D eigenvalue weighted by atomic mass is 14.8. The van der Waals surface area contributed by atoms with Gasteiger partial charge in [-0.05, 0) is 112 Å². The van der Waals surface area contributed by atoms with Crippen LogP contribution < -0.4 is 0 Å². The number of aromatic nitrogens is 2. The summed E-state index contributed by atoms with van der Waals surface area (Å²) in [6, 6.07) is 58.3. The summed E-state index contributed by atoms with van der Waals surface area (Å²) in [6.45, 7) is 0. The molecule has 2 saturated carbocycles. The zero-order valence-electron chi connectivity index (χ0n) is 32.1. The zero-order chi connectivity index (χ0) is 37.3. The Bertz CT molecular complexity index is 2630. The molecule has 0 saturated heterocycles. The number of hydrogen-bond acceptors (Lipinski definition) is 2. The van der Waals surface area contributed by atoms with E-state index in [2.05, 4.69) is 158 Å². The predicted octanol–water partition coefficient (Wildman–Crippen LogP) is 15.2. The summed E-state index contributed by atoms with van der Waals surface area (Å²) >= 11 is 0. The fourth-order valence-electron chi connectivity index (χ4n) is 9.64. The minimum atomic E-state index is 0.482. The van der Waals surface area contributed by atoms with E-state index in [-0.39, 0.29) is 0 Å². The van der Waals surface area contributed by atoms with Gasteiger partial charge in [0.05, 0.1) is 11.0 Å². The average molecular weight is 725 g/mol. The van der Waals surface area contributed by atoms with Gasteiger partial charge in [-0.2, -0.15) is 0 Å². The van der Waals surface area contributed by atoms with Crippen molar-refractivity contribution in [2.75, 3.05) is 0 Å². The maximum atomic E-state index is 5.55. The first-order valence-electron chi connectivity index (χ1n) is 21.0. The number of hydrogen-bond donors (Lipinski definition) is 0. The molecule has 0 bridgehead atoms. The Labute approximate surface area is 331 Å². The Hall–Kier alpha value is -5.86. The molecular weight excluding hydrogens is 677 g/mol. The number of benzene rings is 6. The lowest BCUT2D eigenvalue weighted by Gasteiger charge is -2.23. The van der Waals surface area contributed by atoms with Crippen molar-refractivity contribution < 1.29 is 0 Å². The first-order valence-corrected chi connectivity index (χ1v) is 21.0. The molecule has 2 fully saturated rings. The second-order valence-corrected chi connectivity index (χ2v) is 16.2. The van der Waals surface area contributed by atoms with Crippen LogP contribution in [-0.4, -0.2) is 9.97 Å². The van der Waals surface area contributed by atoms with Gasteiger partial charge in [-0.3, -0.25) is 9.97 Å². The molecule has 2 nitrogen and oxygen atoms in total. The topological polar surface area (TPSA) is 25.8 Å². The van der Waals surface area contributed by atoms with Gasteiger partial charge in [-0.1, -0.05) is 166 Å². The summed E-state index contributed by atoms with van der Waals surface area (Å²) < 4.78 is 0. The van der Waals surface area contributed by atoms with Crippen LogP contribution in [0.1, 0.15) is 87.4 Å². The molecule has 10 rings (SSSR count). The van der Waals surface area contributed by atoms with E-state index < -0.39 is 0 Å². The van der Waals surface area contributed by atoms with Crippen LogP contribution in [0.3, 0.4) is 0 Å². The van der Waals surface area contributed by atoms with Crippen LogP contribution in [0, 0.1) is 0 Å². The van der Waals surface area contributed by atoms with Gasteiger partial charge in [0.25, 0.3) is 0 Å². The molecule has 0 N–H and O–H groups in total. The van der Waals surface area contributed by atoms with E-state index in [4.69, 9.17) is 9.97 Å². The quantitative estimate of drug-likeness (QED) is 0.153. The highest BCUT2D eigenvalue weighted by molar-refractivity contribution is 6.09. The number of rotatable bonds is 7. The van der Waals surface area contributed by atoms with Crippen LogP contribution in [0.15, 0.2) is 158 Å². The van der Waals surface area contributed by atoms with Gasteiger partial charge < -0.3 is 0 Å².